The van der Waals surface area contributed by atoms with E-state index >= 15 is 0 Å². The Kier molecular flexibility index (Phi) is 13.1. The van der Waals surface area contributed by atoms with Gasteiger partial charge in [-0.2, -0.15) is 0 Å². The van der Waals surface area contributed by atoms with Gasteiger partial charge >= 0.3 is 0 Å². The van der Waals surface area contributed by atoms with Crippen LogP contribution >= 0.6 is 11.6 Å². The number of fused-ring (bicyclic) bond motifs is 3. The molecule has 5 aliphatic rings. The van der Waals surface area contributed by atoms with E-state index in [1.807, 2.05) is 44.4 Å². The lowest BCUT2D eigenvalue weighted by atomic mass is 9.63. The van der Waals surface area contributed by atoms with E-state index in [0.29, 0.717) is 35.8 Å². The molecule has 1 amide bonds. The number of allylic oxidation sites excluding steroid dienone is 1. The number of nitrogens with zero attached hydrogens (tertiary/aromatic N) is 3. The lowest BCUT2D eigenvalue weighted by molar-refractivity contribution is -0.107. The molecule has 55 heavy (non-hydrogen) atoms. The molecule has 4 aliphatic heterocycles. The van der Waals surface area contributed by atoms with Crippen molar-refractivity contribution in [2.45, 2.75) is 75.4 Å². The van der Waals surface area contributed by atoms with Gasteiger partial charge in [0.2, 0.25) is 10.0 Å². The van der Waals surface area contributed by atoms with Crippen LogP contribution in [0.3, 0.4) is 0 Å². The van der Waals surface area contributed by atoms with Crippen LogP contribution in [0.25, 0.3) is 0 Å². The van der Waals surface area contributed by atoms with Crippen molar-refractivity contribution >= 4 is 33.2 Å². The number of sulfonamides is 1. The molecule has 2 saturated heterocycles. The van der Waals surface area contributed by atoms with Gasteiger partial charge in [-0.25, -0.2) is 13.1 Å². The number of nitrogens with one attached hydrogen (secondary N) is 1. The number of hydrogen-bond donors (Lipinski definition) is 1. The number of carbonyl (C=O) groups excluding carboxylic acids is 1. The highest BCUT2D eigenvalue weighted by Crippen LogP contribution is 2.47. The van der Waals surface area contributed by atoms with Crippen molar-refractivity contribution in [3.05, 3.63) is 70.3 Å². The Morgan fingerprint density at radius 2 is 1.82 bits per heavy atom. The van der Waals surface area contributed by atoms with E-state index < -0.39 is 26.8 Å². The second-order valence-electron chi connectivity index (χ2n) is 16.3. The number of hydrogen-bond acceptors (Lipinski definition) is 10. The van der Waals surface area contributed by atoms with E-state index in [1.54, 1.807) is 13.2 Å². The van der Waals surface area contributed by atoms with E-state index in [4.69, 9.17) is 30.5 Å². The molecule has 0 radical (unpaired) electrons. The van der Waals surface area contributed by atoms with Crippen LogP contribution in [0.15, 0.2) is 48.6 Å². The van der Waals surface area contributed by atoms with Crippen molar-refractivity contribution in [3.8, 4) is 5.75 Å². The maximum Gasteiger partial charge on any atom is 0.264 e. The molecule has 7 rings (SSSR count). The van der Waals surface area contributed by atoms with Crippen LogP contribution in [-0.2, 0) is 37.3 Å². The van der Waals surface area contributed by atoms with Crippen LogP contribution in [-0.4, -0.2) is 121 Å². The smallest absolute Gasteiger partial charge is 0.264 e. The summed E-state index contributed by atoms with van der Waals surface area (Å²) in [5.41, 5.74) is 2.81. The van der Waals surface area contributed by atoms with Gasteiger partial charge in [-0.15, -0.1) is 0 Å². The maximum atomic E-state index is 14.0. The van der Waals surface area contributed by atoms with Crippen LogP contribution < -0.4 is 14.4 Å². The van der Waals surface area contributed by atoms with Crippen LogP contribution in [0.2, 0.25) is 5.02 Å². The Bertz CT molecular complexity index is 1780. The number of carbonyl (C=O) groups is 1. The SMILES string of the molecule is COCC[C@@H]1[C@@H](C)C/C=C/[C@@](CN2CCN(C3COC3)CC2)(OC)[C@@H]2CC[C@H]2CN2CCCCc3cc(Cl)ccc3COc3ccc(cc32)C(=O)NS1(=O)=O. The maximum absolute atomic E-state index is 14.0. The zero-order chi connectivity index (χ0) is 38.6. The highest BCUT2D eigenvalue weighted by molar-refractivity contribution is 7.90. The average Bonchev–Trinajstić information content (AvgIpc) is 3.16. The largest absolute Gasteiger partial charge is 0.487 e. The van der Waals surface area contributed by atoms with Gasteiger partial charge in [-0.05, 0) is 104 Å². The van der Waals surface area contributed by atoms with Crippen LogP contribution in [0.1, 0.15) is 66.9 Å². The lowest BCUT2D eigenvalue weighted by Crippen LogP contribution is -2.61. The molecule has 3 fully saturated rings. The molecule has 2 bridgehead atoms. The quantitative estimate of drug-likeness (QED) is 0.359. The summed E-state index contributed by atoms with van der Waals surface area (Å²) in [4.78, 5) is 21.3. The topological polar surface area (TPSA) is 110 Å². The third-order valence-corrected chi connectivity index (χ3v) is 15.1. The summed E-state index contributed by atoms with van der Waals surface area (Å²) in [5.74, 6) is 0.337. The monoisotopic (exact) mass is 798 g/mol. The number of piperazine rings is 1. The van der Waals surface area contributed by atoms with Crippen LogP contribution in [0.5, 0.6) is 5.75 Å². The van der Waals surface area contributed by atoms with E-state index in [-0.39, 0.29) is 30.4 Å². The number of halogens is 1. The Labute approximate surface area is 332 Å². The molecule has 2 aromatic rings. The first kappa shape index (κ1) is 40.5. The first-order valence-electron chi connectivity index (χ1n) is 20.2. The van der Waals surface area contributed by atoms with Gasteiger partial charge in [-0.3, -0.25) is 14.6 Å². The summed E-state index contributed by atoms with van der Waals surface area (Å²) in [5, 5.41) is -0.120. The van der Waals surface area contributed by atoms with Crippen molar-refractivity contribution in [2.24, 2.45) is 17.8 Å². The molecule has 2 aromatic carbocycles. The van der Waals surface area contributed by atoms with Gasteiger partial charge in [0.1, 0.15) is 18.0 Å². The minimum absolute atomic E-state index is 0.253. The molecule has 5 atom stereocenters. The molecule has 302 valence electrons. The lowest BCUT2D eigenvalue weighted by Gasteiger charge is -2.52. The standard InChI is InChI=1S/C42H59ClN4O7S/c1-30-7-6-16-42(52-3,29-45-18-20-46(21-19-45)36-27-53-28-36)37-13-10-33(37)25-47-17-5-4-8-31-23-35(43)12-9-34(31)26-54-39-14-11-32(24-38(39)47)41(48)44-55(49,50)40(30)15-22-51-2/h6,9,11-12,14,16,23-24,30,33,36-37,40H,4-5,7-8,10,13,15,17-22,25-29H2,1-3H3,(H,44,48)/b16-6+/t30-,33-,37+,40+,42-/m0/s1. The fourth-order valence-corrected chi connectivity index (χ4v) is 11.2. The molecule has 11 nitrogen and oxygen atoms in total. The molecule has 13 heteroatoms. The number of rotatable bonds is 7. The van der Waals surface area contributed by atoms with Gasteiger partial charge < -0.3 is 23.8 Å². The summed E-state index contributed by atoms with van der Waals surface area (Å²) in [7, 11) is -0.655. The van der Waals surface area contributed by atoms with E-state index in [2.05, 4.69) is 31.6 Å². The van der Waals surface area contributed by atoms with Gasteiger partial charge in [0.25, 0.3) is 5.91 Å². The van der Waals surface area contributed by atoms with Gasteiger partial charge in [-0.1, -0.05) is 36.7 Å². The Morgan fingerprint density at radius 1 is 1.00 bits per heavy atom. The number of ether oxygens (including phenoxy) is 4. The number of methoxy groups -OCH3 is 2. The van der Waals surface area contributed by atoms with Crippen LogP contribution in [0.4, 0.5) is 5.69 Å². The van der Waals surface area contributed by atoms with Crippen molar-refractivity contribution in [1.82, 2.24) is 14.5 Å². The average molecular weight is 799 g/mol. The summed E-state index contributed by atoms with van der Waals surface area (Å²) < 4.78 is 54.6. The molecule has 4 heterocycles. The number of benzene rings is 2. The Balaban J connectivity index is 1.25. The molecular weight excluding hydrogens is 740 g/mol. The Morgan fingerprint density at radius 3 is 2.53 bits per heavy atom. The number of anilines is 1. The molecule has 1 aliphatic carbocycles. The fourth-order valence-electron chi connectivity index (χ4n) is 9.32. The minimum atomic E-state index is -4.07. The predicted molar refractivity (Wildman–Crippen MR) is 216 cm³/mol. The van der Waals surface area contributed by atoms with Gasteiger partial charge in [0.05, 0.1) is 30.2 Å². The summed E-state index contributed by atoms with van der Waals surface area (Å²) >= 11 is 6.42. The van der Waals surface area contributed by atoms with Crippen molar-refractivity contribution in [2.75, 3.05) is 84.8 Å². The van der Waals surface area contributed by atoms with Gasteiger partial charge in [0.15, 0.2) is 0 Å². The Hall–Kier alpha value is -2.71. The van der Waals surface area contributed by atoms with Gasteiger partial charge in [0, 0.05) is 77.2 Å². The number of amides is 1. The minimum Gasteiger partial charge on any atom is -0.487 e. The normalized spacial score (nSPS) is 30.3. The van der Waals surface area contributed by atoms with Crippen molar-refractivity contribution in [3.63, 3.8) is 0 Å². The van der Waals surface area contributed by atoms with Crippen LogP contribution in [0, 0.1) is 17.8 Å². The van der Waals surface area contributed by atoms with E-state index in [1.165, 1.54) is 5.56 Å². The molecule has 0 unspecified atom stereocenters. The zero-order valence-corrected chi connectivity index (χ0v) is 34.3. The summed E-state index contributed by atoms with van der Waals surface area (Å²) in [6.07, 6.45) is 10.1. The van der Waals surface area contributed by atoms with Crippen molar-refractivity contribution < 1.29 is 32.2 Å². The first-order valence-corrected chi connectivity index (χ1v) is 22.1. The first-order chi connectivity index (χ1) is 26.6. The summed E-state index contributed by atoms with van der Waals surface area (Å²) in [6.45, 7) is 10.5. The second-order valence-corrected chi connectivity index (χ2v) is 18.6. The highest BCUT2D eigenvalue weighted by atomic mass is 35.5. The predicted octanol–water partition coefficient (Wildman–Crippen LogP) is 5.55. The highest BCUT2D eigenvalue weighted by Gasteiger charge is 2.48. The van der Waals surface area contributed by atoms with Crippen molar-refractivity contribution in [1.29, 1.82) is 0 Å². The third-order valence-electron chi connectivity index (χ3n) is 12.9. The molecule has 1 saturated carbocycles. The molecule has 0 spiro atoms. The molecular formula is C42H59ClN4O7S. The van der Waals surface area contributed by atoms with E-state index in [9.17, 15) is 13.2 Å². The van der Waals surface area contributed by atoms with E-state index in [0.717, 1.165) is 102 Å². The molecule has 0 aromatic heterocycles. The summed E-state index contributed by atoms with van der Waals surface area (Å²) in [6, 6.07) is 11.8. The molecule has 1 N–H and O–H groups in total. The fraction of sp³-hybridized carbons (Fsp3) is 0.643. The zero-order valence-electron chi connectivity index (χ0n) is 32.7. The third kappa shape index (κ3) is 9.21. The second kappa shape index (κ2) is 17.8. The number of aryl methyl sites for hydroxylation is 1.